The molecule has 1 aliphatic carbocycles. The van der Waals surface area contributed by atoms with Crippen LogP contribution in [-0.2, 0) is 0 Å². The molecule has 0 aromatic rings. The van der Waals surface area contributed by atoms with Gasteiger partial charge in [0, 0.05) is 26.4 Å². The lowest BCUT2D eigenvalue weighted by Gasteiger charge is -2.44. The van der Waals surface area contributed by atoms with Crippen molar-refractivity contribution in [3.8, 4) is 0 Å². The SMILES string of the molecule is CCCCCCCCC1C(CCCCCC)CCC(CCCCCCCCO)C1CCCCCCCCO.CCCCCCCCCC(CCCCCCCCO)C(CCCCCCCCC)CCCCCCCCO. The Hall–Kier alpha value is -0.160. The molecule has 6 atom stereocenters. The smallest absolute Gasteiger partial charge is 0.0431 e. The fourth-order valence-corrected chi connectivity index (χ4v) is 14.0. The van der Waals surface area contributed by atoms with Gasteiger partial charge in [0.25, 0.3) is 0 Å². The maximum atomic E-state index is 9.08. The molecule has 4 heteroatoms. The minimum atomic E-state index is 0.363. The van der Waals surface area contributed by atoms with Gasteiger partial charge in [0.2, 0.25) is 0 Å². The Balaban J connectivity index is 0.00000148. The molecular formula is C72H146O4. The molecule has 0 radical (unpaired) electrons. The summed E-state index contributed by atoms with van der Waals surface area (Å²) in [5.41, 5.74) is 0. The third-order valence-electron chi connectivity index (χ3n) is 18.9. The van der Waals surface area contributed by atoms with Gasteiger partial charge in [0.05, 0.1) is 0 Å². The first kappa shape index (κ1) is 75.8. The van der Waals surface area contributed by atoms with E-state index in [1.807, 2.05) is 0 Å². The lowest BCUT2D eigenvalue weighted by atomic mass is 9.61. The van der Waals surface area contributed by atoms with E-state index in [4.69, 9.17) is 20.4 Å². The van der Waals surface area contributed by atoms with Crippen LogP contribution in [-0.4, -0.2) is 46.9 Å². The van der Waals surface area contributed by atoms with E-state index in [0.29, 0.717) is 26.4 Å². The van der Waals surface area contributed by atoms with Crippen LogP contribution in [0.15, 0.2) is 0 Å². The van der Waals surface area contributed by atoms with Crippen molar-refractivity contribution in [1.82, 2.24) is 0 Å². The fourth-order valence-electron chi connectivity index (χ4n) is 14.0. The van der Waals surface area contributed by atoms with Crippen LogP contribution in [0.4, 0.5) is 0 Å². The minimum absolute atomic E-state index is 0.363. The van der Waals surface area contributed by atoms with Crippen LogP contribution in [0, 0.1) is 35.5 Å². The number of aliphatic hydroxyl groups is 4. The molecule has 458 valence electrons. The zero-order valence-corrected chi connectivity index (χ0v) is 53.1. The average molecular weight is 1080 g/mol. The third kappa shape index (κ3) is 49.6. The van der Waals surface area contributed by atoms with Gasteiger partial charge in [-0.25, -0.2) is 0 Å². The number of aliphatic hydroxyl groups excluding tert-OH is 4. The minimum Gasteiger partial charge on any atom is -0.396 e. The van der Waals surface area contributed by atoms with E-state index in [9.17, 15) is 0 Å². The first-order valence-electron chi connectivity index (χ1n) is 36.0. The molecule has 4 N–H and O–H groups in total. The van der Waals surface area contributed by atoms with E-state index < -0.39 is 0 Å². The molecule has 4 nitrogen and oxygen atoms in total. The Kier molecular flexibility index (Phi) is 63.9. The Morgan fingerprint density at radius 2 is 0.408 bits per heavy atom. The highest BCUT2D eigenvalue weighted by Gasteiger charge is 2.37. The van der Waals surface area contributed by atoms with E-state index in [1.54, 1.807) is 0 Å². The van der Waals surface area contributed by atoms with Crippen LogP contribution in [0.2, 0.25) is 0 Å². The molecule has 0 amide bonds. The summed E-state index contributed by atoms with van der Waals surface area (Å²) in [4.78, 5) is 0. The largest absolute Gasteiger partial charge is 0.396 e. The van der Waals surface area contributed by atoms with E-state index in [0.717, 1.165) is 61.2 Å². The molecule has 0 aromatic heterocycles. The fraction of sp³-hybridized carbons (Fsp3) is 1.00. The molecule has 1 rings (SSSR count). The summed E-state index contributed by atoms with van der Waals surface area (Å²) in [6, 6.07) is 0. The van der Waals surface area contributed by atoms with Crippen molar-refractivity contribution in [1.29, 1.82) is 0 Å². The van der Waals surface area contributed by atoms with Gasteiger partial charge in [-0.1, -0.05) is 349 Å². The van der Waals surface area contributed by atoms with Crippen molar-refractivity contribution in [2.75, 3.05) is 26.4 Å². The van der Waals surface area contributed by atoms with Gasteiger partial charge in [-0.05, 0) is 86.9 Å². The maximum absolute atomic E-state index is 9.08. The predicted octanol–water partition coefficient (Wildman–Crippen LogP) is 23.4. The van der Waals surface area contributed by atoms with Crippen LogP contribution in [0.25, 0.3) is 0 Å². The van der Waals surface area contributed by atoms with Gasteiger partial charge in [0.1, 0.15) is 0 Å². The van der Waals surface area contributed by atoms with Crippen molar-refractivity contribution in [2.45, 2.75) is 400 Å². The van der Waals surface area contributed by atoms with E-state index in [-0.39, 0.29) is 0 Å². The highest BCUT2D eigenvalue weighted by molar-refractivity contribution is 4.88. The molecule has 0 heterocycles. The van der Waals surface area contributed by atoms with Crippen LogP contribution >= 0.6 is 0 Å². The van der Waals surface area contributed by atoms with Crippen LogP contribution in [0.1, 0.15) is 400 Å². The number of rotatable bonds is 61. The molecular weight excluding hydrogens is 929 g/mol. The summed E-state index contributed by atoms with van der Waals surface area (Å²) in [6.07, 6.45) is 80.1. The normalized spacial score (nSPS) is 17.5. The monoisotopic (exact) mass is 1080 g/mol. The molecule has 0 saturated heterocycles. The highest BCUT2D eigenvalue weighted by Crippen LogP contribution is 2.48. The molecule has 76 heavy (non-hydrogen) atoms. The van der Waals surface area contributed by atoms with Gasteiger partial charge >= 0.3 is 0 Å². The Morgan fingerprint density at radius 3 is 0.645 bits per heavy atom. The molecule has 1 saturated carbocycles. The summed E-state index contributed by atoms with van der Waals surface area (Å²) in [5.74, 6) is 5.89. The summed E-state index contributed by atoms with van der Waals surface area (Å²) in [7, 11) is 0. The standard InChI is InChI=1S/C36H72O2.C36H74O2/c1-3-5-7-9-15-21-27-35-33(25-19-8-6-4-2)29-30-34(26-20-14-10-12-17-23-31-37)36(35)28-22-16-11-13-18-24-32-38;1-3-5-7-9-11-17-23-29-35(31-25-19-13-15-21-27-33-37)36(30-24-18-12-10-8-6-4-2)32-26-20-14-16-22-28-34-38/h33-38H,3-32H2,1-2H3;35-38H,3-34H2,1-2H3. The summed E-state index contributed by atoms with van der Waals surface area (Å²) in [6.45, 7) is 10.8. The number of hydrogen-bond acceptors (Lipinski definition) is 4. The molecule has 1 aliphatic rings. The Bertz CT molecular complexity index is 926. The van der Waals surface area contributed by atoms with Crippen molar-refractivity contribution in [3.05, 3.63) is 0 Å². The zero-order chi connectivity index (χ0) is 55.3. The van der Waals surface area contributed by atoms with Crippen molar-refractivity contribution >= 4 is 0 Å². The van der Waals surface area contributed by atoms with Gasteiger partial charge in [-0.15, -0.1) is 0 Å². The molecule has 0 bridgehead atoms. The van der Waals surface area contributed by atoms with Gasteiger partial charge in [-0.3, -0.25) is 0 Å². The van der Waals surface area contributed by atoms with Crippen molar-refractivity contribution in [3.63, 3.8) is 0 Å². The summed E-state index contributed by atoms with van der Waals surface area (Å²) >= 11 is 0. The topological polar surface area (TPSA) is 80.9 Å². The lowest BCUT2D eigenvalue weighted by Crippen LogP contribution is -2.35. The highest BCUT2D eigenvalue weighted by atomic mass is 16.3. The molecule has 6 unspecified atom stereocenters. The molecule has 0 aliphatic heterocycles. The van der Waals surface area contributed by atoms with E-state index >= 15 is 0 Å². The molecule has 0 aromatic carbocycles. The Morgan fingerprint density at radius 1 is 0.224 bits per heavy atom. The lowest BCUT2D eigenvalue weighted by molar-refractivity contribution is 0.0581. The Labute approximate surface area is 480 Å². The number of hydrogen-bond donors (Lipinski definition) is 4. The van der Waals surface area contributed by atoms with Gasteiger partial charge in [0.15, 0.2) is 0 Å². The van der Waals surface area contributed by atoms with Crippen molar-refractivity contribution in [2.24, 2.45) is 35.5 Å². The second-order valence-corrected chi connectivity index (χ2v) is 25.7. The first-order chi connectivity index (χ1) is 37.6. The number of unbranched alkanes of at least 4 members (excludes halogenated alkanes) is 40. The third-order valence-corrected chi connectivity index (χ3v) is 18.9. The zero-order valence-electron chi connectivity index (χ0n) is 53.1. The molecule has 0 spiro atoms. The van der Waals surface area contributed by atoms with E-state index in [2.05, 4.69) is 27.7 Å². The second-order valence-electron chi connectivity index (χ2n) is 25.7. The second kappa shape index (κ2) is 64.0. The average Bonchev–Trinajstić information content (AvgIpc) is 3.43. The van der Waals surface area contributed by atoms with Gasteiger partial charge < -0.3 is 20.4 Å². The van der Waals surface area contributed by atoms with Crippen LogP contribution in [0.3, 0.4) is 0 Å². The summed E-state index contributed by atoms with van der Waals surface area (Å²) < 4.78 is 0. The van der Waals surface area contributed by atoms with E-state index in [1.165, 1.54) is 347 Å². The predicted molar refractivity (Wildman–Crippen MR) is 340 cm³/mol. The van der Waals surface area contributed by atoms with Crippen LogP contribution in [0.5, 0.6) is 0 Å². The van der Waals surface area contributed by atoms with Gasteiger partial charge in [-0.2, -0.15) is 0 Å². The maximum Gasteiger partial charge on any atom is 0.0431 e. The van der Waals surface area contributed by atoms with Crippen molar-refractivity contribution < 1.29 is 20.4 Å². The van der Waals surface area contributed by atoms with Crippen LogP contribution < -0.4 is 0 Å². The quantitative estimate of drug-likeness (QED) is 0.0458. The molecule has 1 fully saturated rings. The first-order valence-corrected chi connectivity index (χ1v) is 36.0. The summed E-state index contributed by atoms with van der Waals surface area (Å²) in [5, 5.41) is 36.2.